The lowest BCUT2D eigenvalue weighted by atomic mass is 10.2. The molecule has 1 aromatic heterocycles. The number of pyridine rings is 1. The van der Waals surface area contributed by atoms with E-state index < -0.39 is 0 Å². The van der Waals surface area contributed by atoms with Gasteiger partial charge in [0, 0.05) is 65.0 Å². The van der Waals surface area contributed by atoms with Gasteiger partial charge in [-0.05, 0) is 31.2 Å². The van der Waals surface area contributed by atoms with E-state index >= 15 is 0 Å². The van der Waals surface area contributed by atoms with Gasteiger partial charge in [0.05, 0.1) is 0 Å². The van der Waals surface area contributed by atoms with Crippen LogP contribution in [-0.4, -0.2) is 77.8 Å². The first-order valence-electron chi connectivity index (χ1n) is 8.17. The summed E-state index contributed by atoms with van der Waals surface area (Å²) in [5, 5.41) is 0. The molecule has 1 fully saturated rings. The van der Waals surface area contributed by atoms with Crippen molar-refractivity contribution in [3.8, 4) is 0 Å². The zero-order valence-corrected chi connectivity index (χ0v) is 14.1. The summed E-state index contributed by atoms with van der Waals surface area (Å²) in [5.41, 5.74) is 1.26. The summed E-state index contributed by atoms with van der Waals surface area (Å²) in [6.07, 6.45) is 5.11. The zero-order chi connectivity index (χ0) is 16.7. The predicted molar refractivity (Wildman–Crippen MR) is 88.9 cm³/mol. The van der Waals surface area contributed by atoms with Crippen molar-refractivity contribution in [3.05, 3.63) is 30.1 Å². The molecule has 0 spiro atoms. The molecule has 126 valence electrons. The van der Waals surface area contributed by atoms with Crippen molar-refractivity contribution in [2.24, 2.45) is 0 Å². The van der Waals surface area contributed by atoms with Crippen LogP contribution < -0.4 is 0 Å². The number of rotatable bonds is 6. The van der Waals surface area contributed by atoms with E-state index in [1.54, 1.807) is 24.2 Å². The number of amides is 2. The minimum atomic E-state index is 0.0907. The minimum Gasteiger partial charge on any atom is -0.339 e. The van der Waals surface area contributed by atoms with Crippen LogP contribution in [0.3, 0.4) is 0 Å². The first kappa shape index (κ1) is 17.4. The average Bonchev–Trinajstić information content (AvgIpc) is 2.58. The fourth-order valence-electron chi connectivity index (χ4n) is 2.70. The van der Waals surface area contributed by atoms with Crippen molar-refractivity contribution in [1.29, 1.82) is 0 Å². The zero-order valence-electron chi connectivity index (χ0n) is 14.1. The number of carbonyl (C=O) groups excluding carboxylic acids is 2. The van der Waals surface area contributed by atoms with Crippen molar-refractivity contribution in [1.82, 2.24) is 19.7 Å². The van der Waals surface area contributed by atoms with E-state index in [1.807, 2.05) is 24.1 Å². The Labute approximate surface area is 138 Å². The molecular formula is C17H26N4O2. The summed E-state index contributed by atoms with van der Waals surface area (Å²) < 4.78 is 0. The first-order valence-corrected chi connectivity index (χ1v) is 8.17. The van der Waals surface area contributed by atoms with E-state index in [9.17, 15) is 9.59 Å². The molecule has 2 amide bonds. The van der Waals surface area contributed by atoms with Gasteiger partial charge in [-0.3, -0.25) is 14.6 Å². The van der Waals surface area contributed by atoms with Gasteiger partial charge in [-0.25, -0.2) is 0 Å². The van der Waals surface area contributed by atoms with Gasteiger partial charge in [-0.2, -0.15) is 0 Å². The maximum absolute atomic E-state index is 12.2. The monoisotopic (exact) mass is 318 g/mol. The molecule has 6 nitrogen and oxygen atoms in total. The normalized spacial score (nSPS) is 15.1. The SMILES string of the molecule is CC(=O)N1CCN(C(=O)CCN(C)CCc2ccncc2)CC1. The Balaban J connectivity index is 1.65. The van der Waals surface area contributed by atoms with E-state index in [4.69, 9.17) is 0 Å². The number of likely N-dealkylation sites (N-methyl/N-ethyl adjacent to an activating group) is 1. The van der Waals surface area contributed by atoms with Crippen molar-refractivity contribution >= 4 is 11.8 Å². The highest BCUT2D eigenvalue weighted by atomic mass is 16.2. The second kappa shape index (κ2) is 8.62. The first-order chi connectivity index (χ1) is 11.1. The summed E-state index contributed by atoms with van der Waals surface area (Å²) in [6.45, 7) is 5.87. The number of aromatic nitrogens is 1. The Bertz CT molecular complexity index is 513. The Kier molecular flexibility index (Phi) is 6.52. The Morgan fingerprint density at radius 3 is 2.30 bits per heavy atom. The predicted octanol–water partition coefficient (Wildman–Crippen LogP) is 0.637. The van der Waals surface area contributed by atoms with Gasteiger partial charge in [0.2, 0.25) is 11.8 Å². The molecule has 2 rings (SSSR count). The van der Waals surface area contributed by atoms with Gasteiger partial charge in [0.25, 0.3) is 0 Å². The van der Waals surface area contributed by atoms with Crippen LogP contribution in [0.1, 0.15) is 18.9 Å². The van der Waals surface area contributed by atoms with Crippen LogP contribution in [0.2, 0.25) is 0 Å². The van der Waals surface area contributed by atoms with Crippen LogP contribution in [0.5, 0.6) is 0 Å². The number of nitrogens with zero attached hydrogens (tertiary/aromatic N) is 4. The van der Waals surface area contributed by atoms with Crippen LogP contribution >= 0.6 is 0 Å². The molecule has 1 aliphatic rings. The molecule has 0 aromatic carbocycles. The fourth-order valence-corrected chi connectivity index (χ4v) is 2.70. The molecule has 23 heavy (non-hydrogen) atoms. The summed E-state index contributed by atoms with van der Waals surface area (Å²) in [5.74, 6) is 0.275. The third-order valence-electron chi connectivity index (χ3n) is 4.32. The van der Waals surface area contributed by atoms with E-state index in [1.165, 1.54) is 5.56 Å². The van der Waals surface area contributed by atoms with Gasteiger partial charge in [0.1, 0.15) is 0 Å². The van der Waals surface area contributed by atoms with Crippen LogP contribution in [0.15, 0.2) is 24.5 Å². The Morgan fingerprint density at radius 1 is 1.09 bits per heavy atom. The highest BCUT2D eigenvalue weighted by molar-refractivity contribution is 5.77. The third kappa shape index (κ3) is 5.63. The van der Waals surface area contributed by atoms with Crippen molar-refractivity contribution in [2.75, 3.05) is 46.3 Å². The molecule has 0 bridgehead atoms. The average molecular weight is 318 g/mol. The van der Waals surface area contributed by atoms with Crippen molar-refractivity contribution in [2.45, 2.75) is 19.8 Å². The van der Waals surface area contributed by atoms with Crippen LogP contribution in [0, 0.1) is 0 Å². The van der Waals surface area contributed by atoms with Gasteiger partial charge < -0.3 is 14.7 Å². The molecule has 0 N–H and O–H groups in total. The maximum atomic E-state index is 12.2. The second-order valence-electron chi connectivity index (χ2n) is 6.05. The molecule has 0 unspecified atom stereocenters. The lowest BCUT2D eigenvalue weighted by molar-refractivity contribution is -0.138. The molecule has 6 heteroatoms. The van der Waals surface area contributed by atoms with Crippen molar-refractivity contribution < 1.29 is 9.59 Å². The topological polar surface area (TPSA) is 56.8 Å². The van der Waals surface area contributed by atoms with Gasteiger partial charge >= 0.3 is 0 Å². The van der Waals surface area contributed by atoms with Crippen LogP contribution in [0.4, 0.5) is 0 Å². The molecule has 2 heterocycles. The molecule has 1 aromatic rings. The summed E-state index contributed by atoms with van der Waals surface area (Å²) in [6, 6.07) is 4.04. The van der Waals surface area contributed by atoms with Gasteiger partial charge in [-0.15, -0.1) is 0 Å². The minimum absolute atomic E-state index is 0.0907. The Hall–Kier alpha value is -1.95. The lowest BCUT2D eigenvalue weighted by Gasteiger charge is -2.34. The molecule has 0 radical (unpaired) electrons. The summed E-state index contributed by atoms with van der Waals surface area (Å²) in [7, 11) is 2.04. The molecule has 1 saturated heterocycles. The number of hydrogen-bond acceptors (Lipinski definition) is 4. The van der Waals surface area contributed by atoms with Crippen molar-refractivity contribution in [3.63, 3.8) is 0 Å². The summed E-state index contributed by atoms with van der Waals surface area (Å²) in [4.78, 5) is 33.4. The van der Waals surface area contributed by atoms with Crippen LogP contribution in [0.25, 0.3) is 0 Å². The molecule has 0 saturated carbocycles. The lowest BCUT2D eigenvalue weighted by Crippen LogP contribution is -2.50. The molecule has 0 aliphatic carbocycles. The molecule has 1 aliphatic heterocycles. The quantitative estimate of drug-likeness (QED) is 0.772. The number of piperazine rings is 1. The van der Waals surface area contributed by atoms with E-state index in [0.717, 1.165) is 19.5 Å². The Morgan fingerprint density at radius 2 is 1.70 bits per heavy atom. The highest BCUT2D eigenvalue weighted by Crippen LogP contribution is 2.05. The number of carbonyl (C=O) groups is 2. The van der Waals surface area contributed by atoms with E-state index in [-0.39, 0.29) is 11.8 Å². The molecule has 0 atom stereocenters. The summed E-state index contributed by atoms with van der Waals surface area (Å²) >= 11 is 0. The van der Waals surface area contributed by atoms with E-state index in [2.05, 4.69) is 9.88 Å². The second-order valence-corrected chi connectivity index (χ2v) is 6.05. The maximum Gasteiger partial charge on any atom is 0.223 e. The smallest absolute Gasteiger partial charge is 0.223 e. The van der Waals surface area contributed by atoms with Crippen LogP contribution in [-0.2, 0) is 16.0 Å². The highest BCUT2D eigenvalue weighted by Gasteiger charge is 2.22. The number of hydrogen-bond donors (Lipinski definition) is 0. The van der Waals surface area contributed by atoms with E-state index in [0.29, 0.717) is 32.6 Å². The fraction of sp³-hybridized carbons (Fsp3) is 0.588. The largest absolute Gasteiger partial charge is 0.339 e. The van der Waals surface area contributed by atoms with Gasteiger partial charge in [-0.1, -0.05) is 0 Å². The van der Waals surface area contributed by atoms with Gasteiger partial charge in [0.15, 0.2) is 0 Å². The molecular weight excluding hydrogens is 292 g/mol. The standard InChI is InChI=1S/C17H26N4O2/c1-15(22)20-11-13-21(14-12-20)17(23)6-10-19(2)9-5-16-3-7-18-8-4-16/h3-4,7-8H,5-6,9-14H2,1-2H3. The third-order valence-corrected chi connectivity index (χ3v) is 4.32.